The van der Waals surface area contributed by atoms with Gasteiger partial charge in [-0.1, -0.05) is 37.3 Å². The Morgan fingerprint density at radius 2 is 1.60 bits per heavy atom. The van der Waals surface area contributed by atoms with Gasteiger partial charge in [-0.15, -0.1) is 0 Å². The maximum atomic E-state index is 12.6. The number of carbonyl (C=O) groups is 1. The van der Waals surface area contributed by atoms with E-state index >= 15 is 0 Å². The van der Waals surface area contributed by atoms with E-state index in [1.807, 2.05) is 49.4 Å². The average Bonchev–Trinajstić information content (AvgIpc) is 2.66. The minimum absolute atomic E-state index is 0.00227. The van der Waals surface area contributed by atoms with Crippen LogP contribution in [0.1, 0.15) is 30.4 Å². The Bertz CT molecular complexity index is 675. The lowest BCUT2D eigenvalue weighted by Crippen LogP contribution is -2.28. The van der Waals surface area contributed by atoms with Crippen LogP contribution >= 0.6 is 0 Å². The van der Waals surface area contributed by atoms with Crippen molar-refractivity contribution in [3.63, 3.8) is 0 Å². The molecule has 1 unspecified atom stereocenters. The lowest BCUT2D eigenvalue weighted by Gasteiger charge is -2.17. The van der Waals surface area contributed by atoms with Crippen molar-refractivity contribution in [1.29, 1.82) is 0 Å². The molecule has 0 saturated carbocycles. The van der Waals surface area contributed by atoms with Crippen LogP contribution in [0.25, 0.3) is 0 Å². The highest BCUT2D eigenvalue weighted by Gasteiger charge is 2.19. The summed E-state index contributed by atoms with van der Waals surface area (Å²) in [5.74, 6) is 1.52. The number of hydrogen-bond acceptors (Lipinski definition) is 4. The largest absolute Gasteiger partial charge is 0.493 e. The van der Waals surface area contributed by atoms with Crippen LogP contribution < -0.4 is 19.5 Å². The summed E-state index contributed by atoms with van der Waals surface area (Å²) in [6.45, 7) is 2.40. The van der Waals surface area contributed by atoms with Crippen LogP contribution in [0.5, 0.6) is 17.2 Å². The summed E-state index contributed by atoms with van der Waals surface area (Å²) >= 11 is 0. The standard InChI is InChI=1S/C20H25NO4/c1-5-16(15-9-7-6-8-10-15)20(22)21-13-14-11-17(23-2)19(25-4)18(12-14)24-3/h6-12,16H,5,13H2,1-4H3,(H,21,22). The van der Waals surface area contributed by atoms with Gasteiger partial charge in [0.25, 0.3) is 0 Å². The SMILES string of the molecule is CCC(C(=O)NCc1cc(OC)c(OC)c(OC)c1)c1ccccc1. The molecule has 25 heavy (non-hydrogen) atoms. The molecule has 0 spiro atoms. The molecule has 1 atom stereocenters. The first-order chi connectivity index (χ1) is 12.1. The van der Waals surface area contributed by atoms with Crippen LogP contribution in [0.15, 0.2) is 42.5 Å². The number of methoxy groups -OCH3 is 3. The van der Waals surface area contributed by atoms with Gasteiger partial charge < -0.3 is 19.5 Å². The number of nitrogens with one attached hydrogen (secondary N) is 1. The predicted molar refractivity (Wildman–Crippen MR) is 97.4 cm³/mol. The number of ether oxygens (including phenoxy) is 3. The van der Waals surface area contributed by atoms with Gasteiger partial charge in [-0.3, -0.25) is 4.79 Å². The molecule has 2 aromatic carbocycles. The average molecular weight is 343 g/mol. The molecule has 0 aliphatic heterocycles. The second kappa shape index (κ2) is 8.97. The zero-order valence-corrected chi connectivity index (χ0v) is 15.2. The summed E-state index contributed by atoms with van der Waals surface area (Å²) in [5, 5.41) is 3.00. The van der Waals surface area contributed by atoms with Crippen LogP contribution in [0.4, 0.5) is 0 Å². The summed E-state index contributed by atoms with van der Waals surface area (Å²) in [6.07, 6.45) is 0.741. The van der Waals surface area contributed by atoms with E-state index < -0.39 is 0 Å². The van der Waals surface area contributed by atoms with E-state index in [0.29, 0.717) is 23.8 Å². The molecule has 0 aliphatic carbocycles. The highest BCUT2D eigenvalue weighted by atomic mass is 16.5. The Balaban J connectivity index is 2.13. The van der Waals surface area contributed by atoms with Crippen LogP contribution in [0, 0.1) is 0 Å². The van der Waals surface area contributed by atoms with Crippen LogP contribution in [-0.4, -0.2) is 27.2 Å². The third-order valence-corrected chi connectivity index (χ3v) is 4.12. The molecule has 0 heterocycles. The van der Waals surface area contributed by atoms with Crippen molar-refractivity contribution in [1.82, 2.24) is 5.32 Å². The van der Waals surface area contributed by atoms with Crippen LogP contribution in [0.3, 0.4) is 0 Å². The number of benzene rings is 2. The molecule has 134 valence electrons. The van der Waals surface area contributed by atoms with Crippen molar-refractivity contribution in [3.8, 4) is 17.2 Å². The second-order valence-corrected chi connectivity index (χ2v) is 5.62. The van der Waals surface area contributed by atoms with E-state index in [1.54, 1.807) is 21.3 Å². The zero-order chi connectivity index (χ0) is 18.2. The fourth-order valence-corrected chi connectivity index (χ4v) is 2.81. The van der Waals surface area contributed by atoms with Crippen molar-refractivity contribution in [2.45, 2.75) is 25.8 Å². The molecule has 2 rings (SSSR count). The van der Waals surface area contributed by atoms with Gasteiger partial charge in [0.1, 0.15) is 0 Å². The number of hydrogen-bond donors (Lipinski definition) is 1. The molecular formula is C20H25NO4. The Hall–Kier alpha value is -2.69. The molecule has 2 aromatic rings. The van der Waals surface area contributed by atoms with Crippen molar-refractivity contribution in [2.24, 2.45) is 0 Å². The Morgan fingerprint density at radius 1 is 1.00 bits per heavy atom. The lowest BCUT2D eigenvalue weighted by atomic mass is 9.95. The van der Waals surface area contributed by atoms with Gasteiger partial charge >= 0.3 is 0 Å². The van der Waals surface area contributed by atoms with Crippen molar-refractivity contribution < 1.29 is 19.0 Å². The third-order valence-electron chi connectivity index (χ3n) is 4.12. The molecule has 5 nitrogen and oxygen atoms in total. The molecule has 0 bridgehead atoms. The van der Waals surface area contributed by atoms with E-state index in [2.05, 4.69) is 5.32 Å². The van der Waals surface area contributed by atoms with Crippen LogP contribution in [0.2, 0.25) is 0 Å². The van der Waals surface area contributed by atoms with Gasteiger partial charge in [-0.05, 0) is 29.7 Å². The summed E-state index contributed by atoms with van der Waals surface area (Å²) in [4.78, 5) is 12.6. The number of amides is 1. The lowest BCUT2D eigenvalue weighted by molar-refractivity contribution is -0.122. The molecule has 0 saturated heterocycles. The van der Waals surface area contributed by atoms with E-state index in [1.165, 1.54) is 0 Å². The zero-order valence-electron chi connectivity index (χ0n) is 15.2. The first-order valence-corrected chi connectivity index (χ1v) is 8.26. The fourth-order valence-electron chi connectivity index (χ4n) is 2.81. The van der Waals surface area contributed by atoms with Gasteiger partial charge in [0.05, 0.1) is 27.2 Å². The van der Waals surface area contributed by atoms with Crippen molar-refractivity contribution in [3.05, 3.63) is 53.6 Å². The third kappa shape index (κ3) is 4.44. The normalized spacial score (nSPS) is 11.5. The summed E-state index contributed by atoms with van der Waals surface area (Å²) in [7, 11) is 4.71. The summed E-state index contributed by atoms with van der Waals surface area (Å²) in [6, 6.07) is 13.5. The Kier molecular flexibility index (Phi) is 6.69. The van der Waals surface area contributed by atoms with Gasteiger partial charge in [0.15, 0.2) is 11.5 Å². The fraction of sp³-hybridized carbons (Fsp3) is 0.350. The van der Waals surface area contributed by atoms with E-state index in [4.69, 9.17) is 14.2 Å². The minimum atomic E-state index is -0.164. The molecule has 0 aliphatic rings. The Labute approximate surface area is 148 Å². The molecular weight excluding hydrogens is 318 g/mol. The summed E-state index contributed by atoms with van der Waals surface area (Å²) < 4.78 is 16.0. The van der Waals surface area contributed by atoms with Crippen LogP contribution in [-0.2, 0) is 11.3 Å². The van der Waals surface area contributed by atoms with Crippen molar-refractivity contribution >= 4 is 5.91 Å². The second-order valence-electron chi connectivity index (χ2n) is 5.62. The summed E-state index contributed by atoms with van der Waals surface area (Å²) in [5.41, 5.74) is 1.90. The van der Waals surface area contributed by atoms with E-state index in [0.717, 1.165) is 17.5 Å². The van der Waals surface area contributed by atoms with Crippen molar-refractivity contribution in [2.75, 3.05) is 21.3 Å². The quantitative estimate of drug-likeness (QED) is 0.797. The predicted octanol–water partition coefficient (Wildman–Crippen LogP) is 3.52. The van der Waals surface area contributed by atoms with E-state index in [9.17, 15) is 4.79 Å². The van der Waals surface area contributed by atoms with E-state index in [-0.39, 0.29) is 11.8 Å². The maximum absolute atomic E-state index is 12.6. The molecule has 0 aromatic heterocycles. The molecule has 1 amide bonds. The molecule has 5 heteroatoms. The minimum Gasteiger partial charge on any atom is -0.493 e. The smallest absolute Gasteiger partial charge is 0.227 e. The topological polar surface area (TPSA) is 56.8 Å². The molecule has 0 radical (unpaired) electrons. The highest BCUT2D eigenvalue weighted by molar-refractivity contribution is 5.83. The molecule has 0 fully saturated rings. The molecule has 1 N–H and O–H groups in total. The van der Waals surface area contributed by atoms with Gasteiger partial charge in [-0.2, -0.15) is 0 Å². The maximum Gasteiger partial charge on any atom is 0.227 e. The first kappa shape index (κ1) is 18.6. The Morgan fingerprint density at radius 3 is 2.08 bits per heavy atom. The van der Waals surface area contributed by atoms with Gasteiger partial charge in [0, 0.05) is 6.54 Å². The monoisotopic (exact) mass is 343 g/mol. The van der Waals surface area contributed by atoms with Gasteiger partial charge in [0.2, 0.25) is 11.7 Å². The number of rotatable bonds is 8. The first-order valence-electron chi connectivity index (χ1n) is 8.26. The highest BCUT2D eigenvalue weighted by Crippen LogP contribution is 2.38. The van der Waals surface area contributed by atoms with Gasteiger partial charge in [-0.25, -0.2) is 0 Å². The number of carbonyl (C=O) groups excluding carboxylic acids is 1.